The number of hydrogen-bond acceptors (Lipinski definition) is 3. The third-order valence-electron chi connectivity index (χ3n) is 3.68. The Bertz CT molecular complexity index is 747. The predicted octanol–water partition coefficient (Wildman–Crippen LogP) is 3.17. The van der Waals surface area contributed by atoms with Gasteiger partial charge in [0.15, 0.2) is 5.78 Å². The van der Waals surface area contributed by atoms with Crippen LogP contribution in [0.5, 0.6) is 0 Å². The average Bonchev–Trinajstić information content (AvgIpc) is 2.55. The van der Waals surface area contributed by atoms with Gasteiger partial charge in [-0.15, -0.1) is 0 Å². The molecule has 132 valence electrons. The van der Waals surface area contributed by atoms with Crippen molar-refractivity contribution in [2.45, 2.75) is 31.9 Å². The molecule has 0 fully saturated rings. The fourth-order valence-corrected chi connectivity index (χ4v) is 2.42. The Balaban J connectivity index is 1.85. The quantitative estimate of drug-likeness (QED) is 0.756. The van der Waals surface area contributed by atoms with Gasteiger partial charge in [-0.05, 0) is 48.9 Å². The van der Waals surface area contributed by atoms with E-state index in [1.54, 1.807) is 6.92 Å². The van der Waals surface area contributed by atoms with Crippen molar-refractivity contribution >= 4 is 11.7 Å². The van der Waals surface area contributed by atoms with Crippen molar-refractivity contribution in [2.75, 3.05) is 0 Å². The second-order valence-electron chi connectivity index (χ2n) is 5.88. The lowest BCUT2D eigenvalue weighted by atomic mass is 10.0. The van der Waals surface area contributed by atoms with E-state index in [1.807, 2.05) is 0 Å². The SMILES string of the molecule is CC(CC(=O)c1ccc(F)cc1)NC(=O)CC(O)c1cccc(F)c1. The average molecular weight is 347 g/mol. The first-order chi connectivity index (χ1) is 11.8. The molecule has 2 N–H and O–H groups in total. The Labute approximate surface area is 144 Å². The van der Waals surface area contributed by atoms with E-state index in [2.05, 4.69) is 5.32 Å². The molecule has 2 aromatic carbocycles. The van der Waals surface area contributed by atoms with Crippen LogP contribution >= 0.6 is 0 Å². The lowest BCUT2D eigenvalue weighted by molar-refractivity contribution is -0.123. The molecule has 2 atom stereocenters. The smallest absolute Gasteiger partial charge is 0.223 e. The van der Waals surface area contributed by atoms with Crippen LogP contribution in [0.15, 0.2) is 48.5 Å². The van der Waals surface area contributed by atoms with Crippen molar-refractivity contribution in [3.8, 4) is 0 Å². The molecular formula is C19H19F2NO3. The number of amides is 1. The molecule has 6 heteroatoms. The van der Waals surface area contributed by atoms with Crippen LogP contribution in [0.1, 0.15) is 41.8 Å². The van der Waals surface area contributed by atoms with Crippen LogP contribution in [0.2, 0.25) is 0 Å². The number of nitrogens with one attached hydrogen (secondary N) is 1. The van der Waals surface area contributed by atoms with Gasteiger partial charge in [-0.2, -0.15) is 0 Å². The maximum Gasteiger partial charge on any atom is 0.223 e. The molecule has 2 aromatic rings. The Morgan fingerprint density at radius 2 is 1.72 bits per heavy atom. The molecule has 4 nitrogen and oxygen atoms in total. The van der Waals surface area contributed by atoms with Crippen LogP contribution in [-0.2, 0) is 4.79 Å². The van der Waals surface area contributed by atoms with Gasteiger partial charge in [-0.3, -0.25) is 9.59 Å². The Morgan fingerprint density at radius 3 is 2.36 bits per heavy atom. The van der Waals surface area contributed by atoms with Crippen LogP contribution in [-0.4, -0.2) is 22.8 Å². The number of carbonyl (C=O) groups excluding carboxylic acids is 2. The fourth-order valence-electron chi connectivity index (χ4n) is 2.42. The molecule has 0 aliphatic carbocycles. The first kappa shape index (κ1) is 18.7. The van der Waals surface area contributed by atoms with Gasteiger partial charge < -0.3 is 10.4 Å². The van der Waals surface area contributed by atoms with E-state index in [1.165, 1.54) is 48.5 Å². The van der Waals surface area contributed by atoms with Crippen molar-refractivity contribution < 1.29 is 23.5 Å². The van der Waals surface area contributed by atoms with Crippen molar-refractivity contribution in [1.29, 1.82) is 0 Å². The third-order valence-corrected chi connectivity index (χ3v) is 3.68. The van der Waals surface area contributed by atoms with Gasteiger partial charge in [0.2, 0.25) is 5.91 Å². The number of hydrogen-bond donors (Lipinski definition) is 2. The largest absolute Gasteiger partial charge is 0.388 e. The zero-order valence-corrected chi connectivity index (χ0v) is 13.7. The van der Waals surface area contributed by atoms with Gasteiger partial charge in [0.25, 0.3) is 0 Å². The van der Waals surface area contributed by atoms with Crippen molar-refractivity contribution in [1.82, 2.24) is 5.32 Å². The Morgan fingerprint density at radius 1 is 1.04 bits per heavy atom. The minimum Gasteiger partial charge on any atom is -0.388 e. The number of carbonyl (C=O) groups is 2. The summed E-state index contributed by atoms with van der Waals surface area (Å²) in [4.78, 5) is 24.0. The summed E-state index contributed by atoms with van der Waals surface area (Å²) >= 11 is 0. The summed E-state index contributed by atoms with van der Waals surface area (Å²) in [5.74, 6) is -1.59. The topological polar surface area (TPSA) is 66.4 Å². The van der Waals surface area contributed by atoms with Gasteiger partial charge in [-0.25, -0.2) is 8.78 Å². The highest BCUT2D eigenvalue weighted by atomic mass is 19.1. The Hall–Kier alpha value is -2.60. The monoisotopic (exact) mass is 347 g/mol. The van der Waals surface area contributed by atoms with Crippen LogP contribution in [0.3, 0.4) is 0 Å². The molecule has 0 saturated carbocycles. The number of rotatable bonds is 7. The lowest BCUT2D eigenvalue weighted by Crippen LogP contribution is -2.35. The molecule has 0 aromatic heterocycles. The molecule has 0 aliphatic heterocycles. The predicted molar refractivity (Wildman–Crippen MR) is 88.9 cm³/mol. The highest BCUT2D eigenvalue weighted by Gasteiger charge is 2.17. The first-order valence-electron chi connectivity index (χ1n) is 7.87. The second-order valence-corrected chi connectivity index (χ2v) is 5.88. The molecule has 0 saturated heterocycles. The molecule has 0 heterocycles. The van der Waals surface area contributed by atoms with Gasteiger partial charge in [0.1, 0.15) is 11.6 Å². The second kappa shape index (κ2) is 8.48. The summed E-state index contributed by atoms with van der Waals surface area (Å²) in [5.41, 5.74) is 0.674. The summed E-state index contributed by atoms with van der Waals surface area (Å²) in [6.45, 7) is 1.66. The van der Waals surface area contributed by atoms with Crippen LogP contribution in [0.4, 0.5) is 8.78 Å². The van der Waals surface area contributed by atoms with Gasteiger partial charge in [0.05, 0.1) is 12.5 Å². The minimum absolute atomic E-state index is 0.0490. The van der Waals surface area contributed by atoms with E-state index in [0.29, 0.717) is 11.1 Å². The van der Waals surface area contributed by atoms with Gasteiger partial charge >= 0.3 is 0 Å². The van der Waals surface area contributed by atoms with Crippen LogP contribution < -0.4 is 5.32 Å². The molecular weight excluding hydrogens is 328 g/mol. The fraction of sp³-hybridized carbons (Fsp3) is 0.263. The molecule has 0 radical (unpaired) electrons. The van der Waals surface area contributed by atoms with E-state index in [0.717, 1.165) is 0 Å². The van der Waals surface area contributed by atoms with E-state index >= 15 is 0 Å². The number of aliphatic hydroxyl groups excluding tert-OH is 1. The number of aliphatic hydroxyl groups is 1. The minimum atomic E-state index is -1.13. The highest BCUT2D eigenvalue weighted by molar-refractivity contribution is 5.96. The maximum atomic E-state index is 13.1. The normalized spacial score (nSPS) is 13.1. The number of Topliss-reactive ketones (excluding diaryl/α,β-unsaturated/α-hetero) is 1. The summed E-state index contributed by atoms with van der Waals surface area (Å²) < 4.78 is 26.0. The molecule has 25 heavy (non-hydrogen) atoms. The third kappa shape index (κ3) is 5.76. The van der Waals surface area contributed by atoms with E-state index in [-0.39, 0.29) is 18.6 Å². The molecule has 2 rings (SSSR count). The van der Waals surface area contributed by atoms with Gasteiger partial charge in [-0.1, -0.05) is 12.1 Å². The molecule has 0 aliphatic rings. The van der Waals surface area contributed by atoms with E-state index in [4.69, 9.17) is 0 Å². The van der Waals surface area contributed by atoms with Crippen LogP contribution in [0.25, 0.3) is 0 Å². The lowest BCUT2D eigenvalue weighted by Gasteiger charge is -2.16. The number of ketones is 1. The zero-order chi connectivity index (χ0) is 18.4. The van der Waals surface area contributed by atoms with Gasteiger partial charge in [0, 0.05) is 18.0 Å². The molecule has 2 unspecified atom stereocenters. The van der Waals surface area contributed by atoms with Crippen LogP contribution in [0, 0.1) is 11.6 Å². The number of halogens is 2. The summed E-state index contributed by atoms with van der Waals surface area (Å²) in [6, 6.07) is 10.1. The van der Waals surface area contributed by atoms with Crippen molar-refractivity contribution in [2.24, 2.45) is 0 Å². The highest BCUT2D eigenvalue weighted by Crippen LogP contribution is 2.17. The first-order valence-corrected chi connectivity index (χ1v) is 7.87. The van der Waals surface area contributed by atoms with E-state index < -0.39 is 29.7 Å². The molecule has 0 bridgehead atoms. The van der Waals surface area contributed by atoms with Crippen molar-refractivity contribution in [3.63, 3.8) is 0 Å². The summed E-state index contributed by atoms with van der Waals surface area (Å²) in [5, 5.41) is 12.6. The molecule has 1 amide bonds. The maximum absolute atomic E-state index is 13.1. The molecule has 0 spiro atoms. The van der Waals surface area contributed by atoms with Crippen molar-refractivity contribution in [3.05, 3.63) is 71.3 Å². The van der Waals surface area contributed by atoms with E-state index in [9.17, 15) is 23.5 Å². The number of benzene rings is 2. The summed E-state index contributed by atoms with van der Waals surface area (Å²) in [6.07, 6.45) is -1.32. The zero-order valence-electron chi connectivity index (χ0n) is 13.7. The Kier molecular flexibility index (Phi) is 6.36. The summed E-state index contributed by atoms with van der Waals surface area (Å²) in [7, 11) is 0. The standard InChI is InChI=1S/C19H19F2NO3/c1-12(9-17(23)13-5-7-15(20)8-6-13)22-19(25)11-18(24)14-3-2-4-16(21)10-14/h2-8,10,12,18,24H,9,11H2,1H3,(H,22,25).